The number of nitrogens with zero attached hydrogens (tertiary/aromatic N) is 1. The summed E-state index contributed by atoms with van der Waals surface area (Å²) in [5.74, 6) is -2.38. The van der Waals surface area contributed by atoms with Crippen molar-refractivity contribution in [2.45, 2.75) is 4.90 Å². The predicted octanol–water partition coefficient (Wildman–Crippen LogP) is 1.08. The third-order valence-electron chi connectivity index (χ3n) is 2.18. The molecule has 118 valence electrons. The zero-order valence-electron chi connectivity index (χ0n) is 10.4. The Hall–Kier alpha value is -1.46. The SMILES string of the molecule is CS(=O)(=O)CCOc1cc(F)c(S(=O)(=O)Cl)cc1[N+](=O)[O-]. The molecule has 0 radical (unpaired) electrons. The number of halogens is 2. The van der Waals surface area contributed by atoms with Crippen LogP contribution in [0.5, 0.6) is 5.75 Å². The second-order valence-corrected chi connectivity index (χ2v) is 8.72. The van der Waals surface area contributed by atoms with Crippen molar-refractivity contribution in [1.82, 2.24) is 0 Å². The summed E-state index contributed by atoms with van der Waals surface area (Å²) >= 11 is 0. The molecule has 21 heavy (non-hydrogen) atoms. The first-order chi connectivity index (χ1) is 9.42. The van der Waals surface area contributed by atoms with Gasteiger partial charge in [-0.25, -0.2) is 21.2 Å². The van der Waals surface area contributed by atoms with Gasteiger partial charge in [-0.1, -0.05) is 0 Å². The van der Waals surface area contributed by atoms with E-state index in [4.69, 9.17) is 15.4 Å². The highest BCUT2D eigenvalue weighted by molar-refractivity contribution is 8.13. The van der Waals surface area contributed by atoms with Crippen LogP contribution in [0.1, 0.15) is 0 Å². The molecular weight excluding hydrogens is 353 g/mol. The molecule has 0 fully saturated rings. The summed E-state index contributed by atoms with van der Waals surface area (Å²) in [7, 11) is -2.94. The third-order valence-corrected chi connectivity index (χ3v) is 4.43. The Morgan fingerprint density at radius 1 is 1.33 bits per heavy atom. The molecule has 0 saturated carbocycles. The van der Waals surface area contributed by atoms with Crippen molar-refractivity contribution in [3.63, 3.8) is 0 Å². The summed E-state index contributed by atoms with van der Waals surface area (Å²) < 4.78 is 62.3. The van der Waals surface area contributed by atoms with Gasteiger partial charge < -0.3 is 4.74 Å². The average Bonchev–Trinajstić information content (AvgIpc) is 2.24. The van der Waals surface area contributed by atoms with E-state index < -0.39 is 58.3 Å². The van der Waals surface area contributed by atoms with E-state index in [1.165, 1.54) is 0 Å². The van der Waals surface area contributed by atoms with Gasteiger partial charge in [0.1, 0.15) is 17.3 Å². The number of sulfone groups is 1. The first kappa shape index (κ1) is 17.6. The zero-order chi connectivity index (χ0) is 16.4. The molecule has 1 aromatic rings. The van der Waals surface area contributed by atoms with Gasteiger partial charge in [0.2, 0.25) is 0 Å². The number of nitro groups is 1. The molecule has 0 spiro atoms. The third kappa shape index (κ3) is 5.10. The maximum absolute atomic E-state index is 13.6. The minimum Gasteiger partial charge on any atom is -0.486 e. The lowest BCUT2D eigenvalue weighted by Gasteiger charge is -2.07. The van der Waals surface area contributed by atoms with Gasteiger partial charge in [0.25, 0.3) is 9.05 Å². The largest absolute Gasteiger partial charge is 0.486 e. The van der Waals surface area contributed by atoms with Gasteiger partial charge in [0, 0.05) is 29.1 Å². The molecule has 0 amide bonds. The average molecular weight is 362 g/mol. The number of benzene rings is 1. The molecule has 0 N–H and O–H groups in total. The van der Waals surface area contributed by atoms with E-state index in [-0.39, 0.29) is 0 Å². The topological polar surface area (TPSA) is 121 Å². The van der Waals surface area contributed by atoms with Crippen LogP contribution < -0.4 is 4.74 Å². The Labute approximate surface area is 124 Å². The minimum absolute atomic E-state index is 0.410. The molecule has 1 aromatic carbocycles. The fourth-order valence-electron chi connectivity index (χ4n) is 1.27. The summed E-state index contributed by atoms with van der Waals surface area (Å²) in [4.78, 5) is 8.76. The quantitative estimate of drug-likeness (QED) is 0.422. The van der Waals surface area contributed by atoms with Crippen molar-refractivity contribution in [2.75, 3.05) is 18.6 Å². The molecule has 0 heterocycles. The summed E-state index contributed by atoms with van der Waals surface area (Å²) in [6.45, 7) is -0.452. The first-order valence-electron chi connectivity index (χ1n) is 5.15. The molecule has 0 unspecified atom stereocenters. The van der Waals surface area contributed by atoms with Crippen molar-refractivity contribution in [3.05, 3.63) is 28.1 Å². The molecule has 1 rings (SSSR count). The van der Waals surface area contributed by atoms with Gasteiger partial charge in [-0.3, -0.25) is 10.1 Å². The summed E-state index contributed by atoms with van der Waals surface area (Å²) in [5.41, 5.74) is -0.843. The molecule has 0 atom stereocenters. The number of ether oxygens (including phenoxy) is 1. The Kier molecular flexibility index (Phi) is 5.12. The van der Waals surface area contributed by atoms with E-state index in [2.05, 4.69) is 0 Å². The van der Waals surface area contributed by atoms with Crippen LogP contribution in [0.15, 0.2) is 17.0 Å². The minimum atomic E-state index is -4.51. The standard InChI is InChI=1S/C9H9ClFNO7S2/c1-20(15,16)3-2-19-8-4-6(11)9(21(10,17)18)5-7(8)12(13)14/h4-5H,2-3H2,1H3. The van der Waals surface area contributed by atoms with E-state index in [0.29, 0.717) is 12.1 Å². The van der Waals surface area contributed by atoms with Crippen LogP contribution in [-0.4, -0.2) is 40.4 Å². The highest BCUT2D eigenvalue weighted by Crippen LogP contribution is 2.33. The zero-order valence-corrected chi connectivity index (χ0v) is 12.8. The Bertz CT molecular complexity index is 776. The van der Waals surface area contributed by atoms with E-state index in [0.717, 1.165) is 6.26 Å². The molecular formula is C9H9ClFNO7S2. The van der Waals surface area contributed by atoms with Crippen molar-refractivity contribution in [2.24, 2.45) is 0 Å². The molecule has 0 bridgehead atoms. The van der Waals surface area contributed by atoms with Crippen LogP contribution in [0.4, 0.5) is 10.1 Å². The molecule has 0 aromatic heterocycles. The molecule has 8 nitrogen and oxygen atoms in total. The molecule has 0 aliphatic rings. The Balaban J connectivity index is 3.21. The van der Waals surface area contributed by atoms with Crippen molar-refractivity contribution < 1.29 is 30.9 Å². The number of nitro benzene ring substituents is 1. The highest BCUT2D eigenvalue weighted by Gasteiger charge is 2.26. The van der Waals surface area contributed by atoms with E-state index >= 15 is 0 Å². The molecule has 0 saturated heterocycles. The van der Waals surface area contributed by atoms with Crippen molar-refractivity contribution in [1.29, 1.82) is 0 Å². The monoisotopic (exact) mass is 361 g/mol. The van der Waals surface area contributed by atoms with Gasteiger partial charge in [-0.2, -0.15) is 0 Å². The highest BCUT2D eigenvalue weighted by atomic mass is 35.7. The summed E-state index contributed by atoms with van der Waals surface area (Å²) in [5, 5.41) is 10.8. The number of hydrogen-bond donors (Lipinski definition) is 0. The van der Waals surface area contributed by atoms with Crippen LogP contribution in [0, 0.1) is 15.9 Å². The second-order valence-electron chi connectivity index (χ2n) is 3.92. The smallest absolute Gasteiger partial charge is 0.312 e. The summed E-state index contributed by atoms with van der Waals surface area (Å²) in [6.07, 6.45) is 0.925. The number of rotatable bonds is 6. The Morgan fingerprint density at radius 3 is 2.33 bits per heavy atom. The molecule has 12 heteroatoms. The fourth-order valence-corrected chi connectivity index (χ4v) is 2.56. The van der Waals surface area contributed by atoms with E-state index in [1.807, 2.05) is 0 Å². The first-order valence-corrected chi connectivity index (χ1v) is 9.52. The van der Waals surface area contributed by atoms with Crippen molar-refractivity contribution >= 4 is 35.3 Å². The van der Waals surface area contributed by atoms with Gasteiger partial charge in [-0.05, 0) is 0 Å². The maximum atomic E-state index is 13.6. The lowest BCUT2D eigenvalue weighted by Crippen LogP contribution is -2.13. The lowest BCUT2D eigenvalue weighted by atomic mass is 10.3. The number of hydrogen-bond acceptors (Lipinski definition) is 7. The summed E-state index contributed by atoms with van der Waals surface area (Å²) in [6, 6.07) is 0.878. The second kappa shape index (κ2) is 6.12. The maximum Gasteiger partial charge on any atom is 0.312 e. The molecule has 0 aliphatic carbocycles. The lowest BCUT2D eigenvalue weighted by molar-refractivity contribution is -0.386. The van der Waals surface area contributed by atoms with Crippen molar-refractivity contribution in [3.8, 4) is 5.75 Å². The van der Waals surface area contributed by atoms with Crippen LogP contribution in [0.25, 0.3) is 0 Å². The van der Waals surface area contributed by atoms with Gasteiger partial charge >= 0.3 is 5.69 Å². The van der Waals surface area contributed by atoms with E-state index in [9.17, 15) is 31.3 Å². The van der Waals surface area contributed by atoms with Crippen LogP contribution >= 0.6 is 10.7 Å². The van der Waals surface area contributed by atoms with Crippen LogP contribution in [-0.2, 0) is 18.9 Å². The predicted molar refractivity (Wildman–Crippen MR) is 71.3 cm³/mol. The van der Waals surface area contributed by atoms with Gasteiger partial charge in [0.05, 0.1) is 10.7 Å². The fraction of sp³-hybridized carbons (Fsp3) is 0.333. The van der Waals surface area contributed by atoms with Gasteiger partial charge in [0.15, 0.2) is 15.6 Å². The van der Waals surface area contributed by atoms with Gasteiger partial charge in [-0.15, -0.1) is 0 Å². The van der Waals surface area contributed by atoms with E-state index in [1.54, 1.807) is 0 Å². The Morgan fingerprint density at radius 2 is 1.90 bits per heavy atom. The van der Waals surface area contributed by atoms with Crippen LogP contribution in [0.2, 0.25) is 0 Å². The van der Waals surface area contributed by atoms with Crippen LogP contribution in [0.3, 0.4) is 0 Å². The normalized spacial score (nSPS) is 12.1. The molecule has 0 aliphatic heterocycles.